The van der Waals surface area contributed by atoms with Gasteiger partial charge in [0.05, 0.1) is 17.1 Å². The highest BCUT2D eigenvalue weighted by Crippen LogP contribution is 2.28. The van der Waals surface area contributed by atoms with Crippen molar-refractivity contribution in [3.8, 4) is 0 Å². The molecule has 0 atom stereocenters. The number of rotatable bonds is 5. The van der Waals surface area contributed by atoms with Gasteiger partial charge < -0.3 is 10.1 Å². The number of aromatic nitrogens is 1. The highest BCUT2D eigenvalue weighted by Gasteiger charge is 2.16. The Hall–Kier alpha value is -2.48. The molecular formula is C14H12BrN3O4. The van der Waals surface area contributed by atoms with E-state index < -0.39 is 10.9 Å². The van der Waals surface area contributed by atoms with E-state index in [1.54, 1.807) is 31.2 Å². The van der Waals surface area contributed by atoms with Crippen molar-refractivity contribution in [3.05, 3.63) is 56.7 Å². The number of anilines is 2. The summed E-state index contributed by atoms with van der Waals surface area (Å²) in [4.78, 5) is 26.0. The average molecular weight is 366 g/mol. The van der Waals surface area contributed by atoms with Gasteiger partial charge in [0, 0.05) is 22.4 Å². The molecule has 114 valence electrons. The van der Waals surface area contributed by atoms with Crippen LogP contribution in [0.3, 0.4) is 0 Å². The molecule has 1 aromatic carbocycles. The van der Waals surface area contributed by atoms with Gasteiger partial charge in [-0.1, -0.05) is 0 Å². The molecule has 0 fully saturated rings. The minimum Gasteiger partial charge on any atom is -0.462 e. The number of ether oxygens (including phenoxy) is 1. The predicted octanol–water partition coefficient (Wildman–Crippen LogP) is 3.67. The molecular weight excluding hydrogens is 354 g/mol. The first-order valence-corrected chi connectivity index (χ1v) is 7.14. The Balaban J connectivity index is 2.21. The summed E-state index contributed by atoms with van der Waals surface area (Å²) in [5.74, 6) is -0.293. The number of benzene rings is 1. The first-order chi connectivity index (χ1) is 10.5. The van der Waals surface area contributed by atoms with Crippen LogP contribution in [-0.4, -0.2) is 22.5 Å². The Morgan fingerprint density at radius 1 is 1.41 bits per heavy atom. The molecule has 0 saturated heterocycles. The number of hydrogen-bond acceptors (Lipinski definition) is 6. The second kappa shape index (κ2) is 6.99. The smallest absolute Gasteiger partial charge is 0.338 e. The van der Waals surface area contributed by atoms with Gasteiger partial charge in [0.15, 0.2) is 0 Å². The van der Waals surface area contributed by atoms with Crippen LogP contribution in [0.15, 0.2) is 41.0 Å². The van der Waals surface area contributed by atoms with Crippen molar-refractivity contribution >= 4 is 39.1 Å². The summed E-state index contributed by atoms with van der Waals surface area (Å²) in [6, 6.07) is 7.76. The number of nitrogens with one attached hydrogen (secondary N) is 1. The zero-order valence-electron chi connectivity index (χ0n) is 11.6. The van der Waals surface area contributed by atoms with E-state index in [4.69, 9.17) is 4.74 Å². The van der Waals surface area contributed by atoms with Crippen LogP contribution in [0.5, 0.6) is 0 Å². The van der Waals surface area contributed by atoms with E-state index in [-0.39, 0.29) is 11.5 Å². The summed E-state index contributed by atoms with van der Waals surface area (Å²) in [5.41, 5.74) is 0.834. The molecule has 2 rings (SSSR count). The number of esters is 1. The summed E-state index contributed by atoms with van der Waals surface area (Å²) in [7, 11) is 0. The van der Waals surface area contributed by atoms with E-state index in [1.165, 1.54) is 12.3 Å². The second-order valence-electron chi connectivity index (χ2n) is 4.20. The monoisotopic (exact) mass is 365 g/mol. The maximum absolute atomic E-state index is 11.5. The molecule has 0 saturated carbocycles. The molecule has 1 N–H and O–H groups in total. The third-order valence-electron chi connectivity index (χ3n) is 2.69. The van der Waals surface area contributed by atoms with Crippen LogP contribution in [0, 0.1) is 10.1 Å². The second-order valence-corrected chi connectivity index (χ2v) is 5.12. The third kappa shape index (κ3) is 3.79. The van der Waals surface area contributed by atoms with Crippen LogP contribution in [0.4, 0.5) is 17.2 Å². The molecule has 0 radical (unpaired) electrons. The van der Waals surface area contributed by atoms with Crippen LogP contribution in [-0.2, 0) is 4.74 Å². The molecule has 8 heteroatoms. The van der Waals surface area contributed by atoms with E-state index in [9.17, 15) is 14.9 Å². The number of carbonyl (C=O) groups excluding carboxylic acids is 1. The van der Waals surface area contributed by atoms with Crippen molar-refractivity contribution in [2.45, 2.75) is 6.92 Å². The Morgan fingerprint density at radius 2 is 2.09 bits per heavy atom. The number of pyridine rings is 1. The Kier molecular flexibility index (Phi) is 5.05. The fraction of sp³-hybridized carbons (Fsp3) is 0.143. The van der Waals surface area contributed by atoms with E-state index in [2.05, 4.69) is 26.2 Å². The quantitative estimate of drug-likeness (QED) is 0.493. The number of carbonyl (C=O) groups is 1. The fourth-order valence-corrected chi connectivity index (χ4v) is 2.02. The summed E-state index contributed by atoms with van der Waals surface area (Å²) in [6.45, 7) is 2.03. The highest BCUT2D eigenvalue weighted by molar-refractivity contribution is 9.10. The number of hydrogen-bond donors (Lipinski definition) is 1. The maximum atomic E-state index is 11.5. The van der Waals surface area contributed by atoms with E-state index in [0.29, 0.717) is 22.3 Å². The standard InChI is InChI=1S/C14H12BrN3O4/c1-2-22-14(19)9-3-5-11(6-4-9)17-13-12(18(20)21)7-10(15)8-16-13/h3-8H,2H2,1H3,(H,16,17). The van der Waals surface area contributed by atoms with Crippen LogP contribution in [0.2, 0.25) is 0 Å². The Morgan fingerprint density at radius 3 is 2.68 bits per heavy atom. The van der Waals surface area contributed by atoms with Crippen molar-refractivity contribution in [2.75, 3.05) is 11.9 Å². The average Bonchev–Trinajstić information content (AvgIpc) is 2.50. The molecule has 0 aliphatic heterocycles. The first-order valence-electron chi connectivity index (χ1n) is 6.35. The molecule has 0 aliphatic rings. The predicted molar refractivity (Wildman–Crippen MR) is 84.3 cm³/mol. The zero-order valence-corrected chi connectivity index (χ0v) is 13.2. The summed E-state index contributed by atoms with van der Waals surface area (Å²) in [6.07, 6.45) is 1.46. The van der Waals surface area contributed by atoms with Gasteiger partial charge in [-0.05, 0) is 47.1 Å². The van der Waals surface area contributed by atoms with E-state index in [1.807, 2.05) is 0 Å². The topological polar surface area (TPSA) is 94.4 Å². The SMILES string of the molecule is CCOC(=O)c1ccc(Nc2ncc(Br)cc2[N+](=O)[O-])cc1. The van der Waals surface area contributed by atoms with Gasteiger partial charge in [-0.3, -0.25) is 10.1 Å². The molecule has 0 bridgehead atoms. The first kappa shape index (κ1) is 15.9. The number of nitrogens with zero attached hydrogens (tertiary/aromatic N) is 2. The minimum absolute atomic E-state index is 0.122. The van der Waals surface area contributed by atoms with Gasteiger partial charge in [-0.15, -0.1) is 0 Å². The zero-order chi connectivity index (χ0) is 16.1. The number of nitro groups is 1. The number of halogens is 1. The Labute approximate surface area is 134 Å². The van der Waals surface area contributed by atoms with Crippen LogP contribution in [0.1, 0.15) is 17.3 Å². The van der Waals surface area contributed by atoms with Gasteiger partial charge in [0.1, 0.15) is 0 Å². The summed E-state index contributed by atoms with van der Waals surface area (Å²) in [5, 5.41) is 13.9. The molecule has 0 spiro atoms. The molecule has 2 aromatic rings. The van der Waals surface area contributed by atoms with Gasteiger partial charge in [0.25, 0.3) is 0 Å². The van der Waals surface area contributed by atoms with Crippen molar-refractivity contribution in [2.24, 2.45) is 0 Å². The normalized spacial score (nSPS) is 10.1. The summed E-state index contributed by atoms with van der Waals surface area (Å²) < 4.78 is 5.40. The molecule has 22 heavy (non-hydrogen) atoms. The lowest BCUT2D eigenvalue weighted by Gasteiger charge is -2.07. The lowest BCUT2D eigenvalue weighted by Crippen LogP contribution is -2.04. The van der Waals surface area contributed by atoms with Crippen molar-refractivity contribution in [1.29, 1.82) is 0 Å². The van der Waals surface area contributed by atoms with Crippen LogP contribution < -0.4 is 5.32 Å². The third-order valence-corrected chi connectivity index (χ3v) is 3.12. The van der Waals surface area contributed by atoms with Crippen LogP contribution >= 0.6 is 15.9 Å². The maximum Gasteiger partial charge on any atom is 0.338 e. The van der Waals surface area contributed by atoms with Crippen LogP contribution in [0.25, 0.3) is 0 Å². The molecule has 0 amide bonds. The lowest BCUT2D eigenvalue weighted by atomic mass is 10.2. The van der Waals surface area contributed by atoms with E-state index in [0.717, 1.165) is 0 Å². The molecule has 0 unspecified atom stereocenters. The van der Waals surface area contributed by atoms with Crippen molar-refractivity contribution in [1.82, 2.24) is 4.98 Å². The highest BCUT2D eigenvalue weighted by atomic mass is 79.9. The molecule has 7 nitrogen and oxygen atoms in total. The largest absolute Gasteiger partial charge is 0.462 e. The van der Waals surface area contributed by atoms with Crippen molar-refractivity contribution < 1.29 is 14.5 Å². The van der Waals surface area contributed by atoms with Gasteiger partial charge in [-0.25, -0.2) is 9.78 Å². The summed E-state index contributed by atoms with van der Waals surface area (Å²) >= 11 is 3.14. The van der Waals surface area contributed by atoms with Gasteiger partial charge in [-0.2, -0.15) is 0 Å². The van der Waals surface area contributed by atoms with E-state index >= 15 is 0 Å². The fourth-order valence-electron chi connectivity index (χ4n) is 1.70. The van der Waals surface area contributed by atoms with Gasteiger partial charge >= 0.3 is 11.7 Å². The van der Waals surface area contributed by atoms with Gasteiger partial charge in [0.2, 0.25) is 5.82 Å². The van der Waals surface area contributed by atoms with Crippen molar-refractivity contribution in [3.63, 3.8) is 0 Å². The Bertz CT molecular complexity index is 704. The lowest BCUT2D eigenvalue weighted by molar-refractivity contribution is -0.384. The minimum atomic E-state index is -0.521. The molecule has 1 heterocycles. The molecule has 0 aliphatic carbocycles. The molecule has 1 aromatic heterocycles.